The van der Waals surface area contributed by atoms with Crippen LogP contribution in [0.5, 0.6) is 5.75 Å². The molecule has 1 aromatic carbocycles. The molecule has 1 saturated carbocycles. The van der Waals surface area contributed by atoms with Crippen LogP contribution in [-0.2, 0) is 4.79 Å². The summed E-state index contributed by atoms with van der Waals surface area (Å²) < 4.78 is 5.06. The number of nitro groups is 1. The molecule has 1 fully saturated rings. The first kappa shape index (κ1) is 15.7. The number of nitrogens with one attached hydrogen (secondary N) is 1. The van der Waals surface area contributed by atoms with Gasteiger partial charge >= 0.3 is 0 Å². The van der Waals surface area contributed by atoms with Crippen molar-refractivity contribution in [3.8, 4) is 5.75 Å². The lowest BCUT2D eigenvalue weighted by Crippen LogP contribution is -2.39. The molecule has 118 valence electrons. The number of likely N-dealkylation sites (N-methyl/N-ethyl adjacent to an activating group) is 1. The molecule has 0 saturated heterocycles. The van der Waals surface area contributed by atoms with E-state index in [9.17, 15) is 19.7 Å². The standard InChI is InChI=1S/C14H17N3O5/c1-16(8-13(18)15-9-3-4-9)14(19)11-7-10(17(20)21)5-6-12(11)22-2/h5-7,9H,3-4,8H2,1-2H3,(H,15,18). The van der Waals surface area contributed by atoms with Gasteiger partial charge in [-0.1, -0.05) is 0 Å². The summed E-state index contributed by atoms with van der Waals surface area (Å²) in [5, 5.41) is 13.6. The molecule has 2 rings (SSSR count). The minimum atomic E-state index is -0.587. The maximum Gasteiger partial charge on any atom is 0.270 e. The average molecular weight is 307 g/mol. The van der Waals surface area contributed by atoms with E-state index < -0.39 is 10.8 Å². The molecule has 22 heavy (non-hydrogen) atoms. The van der Waals surface area contributed by atoms with Crippen molar-refractivity contribution in [1.29, 1.82) is 0 Å². The van der Waals surface area contributed by atoms with E-state index >= 15 is 0 Å². The number of carbonyl (C=O) groups excluding carboxylic acids is 2. The zero-order valence-corrected chi connectivity index (χ0v) is 12.4. The molecule has 8 nitrogen and oxygen atoms in total. The number of hydrogen-bond donors (Lipinski definition) is 1. The van der Waals surface area contributed by atoms with E-state index in [0.29, 0.717) is 0 Å². The van der Waals surface area contributed by atoms with Crippen LogP contribution in [-0.4, -0.2) is 48.4 Å². The van der Waals surface area contributed by atoms with E-state index in [2.05, 4.69) is 5.32 Å². The van der Waals surface area contributed by atoms with Crippen LogP contribution >= 0.6 is 0 Å². The van der Waals surface area contributed by atoms with Gasteiger partial charge in [-0.15, -0.1) is 0 Å². The molecule has 8 heteroatoms. The van der Waals surface area contributed by atoms with Gasteiger partial charge in [0.2, 0.25) is 5.91 Å². The summed E-state index contributed by atoms with van der Waals surface area (Å²) in [4.78, 5) is 35.6. The van der Waals surface area contributed by atoms with Crippen LogP contribution in [0.25, 0.3) is 0 Å². The Hall–Kier alpha value is -2.64. The van der Waals surface area contributed by atoms with Crippen molar-refractivity contribution in [1.82, 2.24) is 10.2 Å². The van der Waals surface area contributed by atoms with E-state index in [4.69, 9.17) is 4.74 Å². The molecule has 1 aromatic rings. The molecule has 0 unspecified atom stereocenters. The predicted octanol–water partition coefficient (Wildman–Crippen LogP) is 0.954. The fourth-order valence-corrected chi connectivity index (χ4v) is 1.97. The zero-order chi connectivity index (χ0) is 16.3. The Morgan fingerprint density at radius 2 is 2.14 bits per heavy atom. The third-order valence-corrected chi connectivity index (χ3v) is 3.29. The van der Waals surface area contributed by atoms with Crippen LogP contribution in [0.2, 0.25) is 0 Å². The van der Waals surface area contributed by atoms with Crippen molar-refractivity contribution in [2.75, 3.05) is 20.7 Å². The van der Waals surface area contributed by atoms with Crippen LogP contribution in [0.4, 0.5) is 5.69 Å². The van der Waals surface area contributed by atoms with Crippen molar-refractivity contribution >= 4 is 17.5 Å². The summed E-state index contributed by atoms with van der Waals surface area (Å²) in [6.07, 6.45) is 1.92. The molecular formula is C14H17N3O5. The van der Waals surface area contributed by atoms with E-state index in [1.807, 2.05) is 0 Å². The predicted molar refractivity (Wildman–Crippen MR) is 77.8 cm³/mol. The highest BCUT2D eigenvalue weighted by Crippen LogP contribution is 2.25. The van der Waals surface area contributed by atoms with Gasteiger partial charge in [0.15, 0.2) is 0 Å². The lowest BCUT2D eigenvalue weighted by atomic mass is 10.1. The van der Waals surface area contributed by atoms with Gasteiger partial charge in [-0.25, -0.2) is 0 Å². The van der Waals surface area contributed by atoms with Crippen LogP contribution in [0, 0.1) is 10.1 Å². The summed E-state index contributed by atoms with van der Waals surface area (Å²) in [6.45, 7) is -0.110. The van der Waals surface area contributed by atoms with E-state index in [-0.39, 0.29) is 35.5 Å². The Morgan fingerprint density at radius 1 is 1.45 bits per heavy atom. The van der Waals surface area contributed by atoms with Crippen LogP contribution in [0.15, 0.2) is 18.2 Å². The van der Waals surface area contributed by atoms with Crippen LogP contribution in [0.3, 0.4) is 0 Å². The SMILES string of the molecule is COc1ccc([N+](=O)[O-])cc1C(=O)N(C)CC(=O)NC1CC1. The molecule has 1 N–H and O–H groups in total. The smallest absolute Gasteiger partial charge is 0.270 e. The second-order valence-electron chi connectivity index (χ2n) is 5.14. The van der Waals surface area contributed by atoms with Gasteiger partial charge in [-0.2, -0.15) is 0 Å². The maximum atomic E-state index is 12.4. The molecule has 1 aliphatic carbocycles. The molecule has 0 aromatic heterocycles. The summed E-state index contributed by atoms with van der Waals surface area (Å²) in [7, 11) is 2.84. The summed E-state index contributed by atoms with van der Waals surface area (Å²) in [6, 6.07) is 3.98. The average Bonchev–Trinajstić information content (AvgIpc) is 3.29. The number of nitrogens with zero attached hydrogens (tertiary/aromatic N) is 2. The molecule has 0 radical (unpaired) electrons. The lowest BCUT2D eigenvalue weighted by molar-refractivity contribution is -0.384. The van der Waals surface area contributed by atoms with Crippen molar-refractivity contribution in [3.63, 3.8) is 0 Å². The third kappa shape index (κ3) is 3.72. The molecule has 1 aliphatic rings. The van der Waals surface area contributed by atoms with Gasteiger partial charge in [0.25, 0.3) is 11.6 Å². The van der Waals surface area contributed by atoms with Gasteiger partial charge in [0.1, 0.15) is 5.75 Å². The Morgan fingerprint density at radius 3 is 2.68 bits per heavy atom. The van der Waals surface area contributed by atoms with Crippen LogP contribution in [0.1, 0.15) is 23.2 Å². The Balaban J connectivity index is 2.13. The molecule has 0 atom stereocenters. The third-order valence-electron chi connectivity index (χ3n) is 3.29. The summed E-state index contributed by atoms with van der Waals surface area (Å²) in [5.41, 5.74) is -0.154. The van der Waals surface area contributed by atoms with E-state index in [0.717, 1.165) is 18.9 Å². The highest BCUT2D eigenvalue weighted by molar-refractivity contribution is 5.99. The quantitative estimate of drug-likeness (QED) is 0.623. The van der Waals surface area contributed by atoms with Gasteiger partial charge in [0, 0.05) is 25.2 Å². The van der Waals surface area contributed by atoms with Gasteiger partial charge in [0.05, 0.1) is 24.1 Å². The molecule has 0 bridgehead atoms. The topological polar surface area (TPSA) is 102 Å². The first-order chi connectivity index (χ1) is 10.4. The van der Waals surface area contributed by atoms with Gasteiger partial charge in [-0.05, 0) is 18.9 Å². The fourth-order valence-electron chi connectivity index (χ4n) is 1.97. The zero-order valence-electron chi connectivity index (χ0n) is 12.4. The Labute approximate surface area is 127 Å². The first-order valence-electron chi connectivity index (χ1n) is 6.79. The second kappa shape index (κ2) is 6.42. The minimum absolute atomic E-state index is 0.0541. The monoisotopic (exact) mass is 307 g/mol. The van der Waals surface area contributed by atoms with Gasteiger partial charge < -0.3 is 15.0 Å². The van der Waals surface area contributed by atoms with Crippen molar-refractivity contribution in [2.45, 2.75) is 18.9 Å². The number of methoxy groups -OCH3 is 1. The van der Waals surface area contributed by atoms with E-state index in [1.165, 1.54) is 31.2 Å². The lowest BCUT2D eigenvalue weighted by Gasteiger charge is -2.18. The van der Waals surface area contributed by atoms with E-state index in [1.54, 1.807) is 0 Å². The van der Waals surface area contributed by atoms with Crippen molar-refractivity contribution in [2.24, 2.45) is 0 Å². The molecule has 0 heterocycles. The number of nitro benzene ring substituents is 1. The number of non-ortho nitro benzene ring substituents is 1. The summed E-state index contributed by atoms with van der Waals surface area (Å²) >= 11 is 0. The highest BCUT2D eigenvalue weighted by Gasteiger charge is 2.26. The largest absolute Gasteiger partial charge is 0.496 e. The summed E-state index contributed by atoms with van der Waals surface area (Å²) in [5.74, 6) is -0.528. The molecule has 0 aliphatic heterocycles. The minimum Gasteiger partial charge on any atom is -0.496 e. The van der Waals surface area contributed by atoms with Gasteiger partial charge in [-0.3, -0.25) is 19.7 Å². The highest BCUT2D eigenvalue weighted by atomic mass is 16.6. The van der Waals surface area contributed by atoms with Crippen LogP contribution < -0.4 is 10.1 Å². The Kier molecular flexibility index (Phi) is 4.59. The number of ether oxygens (including phenoxy) is 1. The number of hydrogen-bond acceptors (Lipinski definition) is 5. The normalized spacial score (nSPS) is 13.4. The number of rotatable bonds is 6. The Bertz CT molecular complexity index is 612. The second-order valence-corrected chi connectivity index (χ2v) is 5.14. The first-order valence-corrected chi connectivity index (χ1v) is 6.79. The fraction of sp³-hybridized carbons (Fsp3) is 0.429. The van der Waals surface area contributed by atoms with Crippen molar-refractivity contribution < 1.29 is 19.2 Å². The molecular weight excluding hydrogens is 290 g/mol. The molecule has 2 amide bonds. The number of carbonyl (C=O) groups is 2. The number of amides is 2. The van der Waals surface area contributed by atoms with Crippen molar-refractivity contribution in [3.05, 3.63) is 33.9 Å². The maximum absolute atomic E-state index is 12.4. The molecule has 0 spiro atoms. The number of benzene rings is 1.